The summed E-state index contributed by atoms with van der Waals surface area (Å²) in [5.74, 6) is -0.451. The molecule has 0 aliphatic heterocycles. The Balaban J connectivity index is 2.03. The van der Waals surface area contributed by atoms with Gasteiger partial charge in [-0.3, -0.25) is 9.89 Å². The number of hydrogen-bond donors (Lipinski definition) is 1. The van der Waals surface area contributed by atoms with Crippen molar-refractivity contribution in [1.82, 2.24) is 20.0 Å². The van der Waals surface area contributed by atoms with Crippen LogP contribution in [0.1, 0.15) is 24.1 Å². The molecule has 4 rings (SSSR count). The lowest BCUT2D eigenvalue weighted by Gasteiger charge is -2.13. The van der Waals surface area contributed by atoms with E-state index in [4.69, 9.17) is 0 Å². The number of nitrogens with one attached hydrogen (secondary N) is 1. The van der Waals surface area contributed by atoms with Gasteiger partial charge in [-0.05, 0) is 37.8 Å². The zero-order chi connectivity index (χ0) is 14.4. The number of aryl methyl sites for hydroxylation is 2. The zero-order valence-corrected chi connectivity index (χ0v) is 11.3. The fourth-order valence-corrected chi connectivity index (χ4v) is 2.91. The summed E-state index contributed by atoms with van der Waals surface area (Å²) in [4.78, 5) is 12.4. The first-order chi connectivity index (χ1) is 10.3. The van der Waals surface area contributed by atoms with E-state index in [0.29, 0.717) is 5.52 Å². The molecule has 2 heterocycles. The molecule has 0 amide bonds. The van der Waals surface area contributed by atoms with Crippen LogP contribution in [0.5, 0.6) is 0 Å². The molecule has 0 unspecified atom stereocenters. The molecule has 0 radical (unpaired) electrons. The van der Waals surface area contributed by atoms with Crippen LogP contribution in [0.2, 0.25) is 0 Å². The highest BCUT2D eigenvalue weighted by atomic mass is 19.1. The van der Waals surface area contributed by atoms with E-state index >= 15 is 0 Å². The number of halogens is 1. The Morgan fingerprint density at radius 1 is 1.14 bits per heavy atom. The van der Waals surface area contributed by atoms with Crippen molar-refractivity contribution < 1.29 is 4.39 Å². The van der Waals surface area contributed by atoms with Crippen LogP contribution in [0.25, 0.3) is 16.7 Å². The number of nitrogens with zero attached hydrogens (tertiary/aromatic N) is 3. The number of aromatic nitrogens is 4. The lowest BCUT2D eigenvalue weighted by atomic mass is 9.96. The quantitative estimate of drug-likeness (QED) is 0.744. The van der Waals surface area contributed by atoms with Crippen molar-refractivity contribution in [3.05, 3.63) is 51.7 Å². The maximum absolute atomic E-state index is 13.9. The van der Waals surface area contributed by atoms with Gasteiger partial charge in [-0.25, -0.2) is 9.07 Å². The maximum Gasteiger partial charge on any atom is 0.299 e. The fraction of sp³-hybridized carbons (Fsp3) is 0.267. The maximum atomic E-state index is 13.9. The molecule has 0 fully saturated rings. The lowest BCUT2D eigenvalue weighted by molar-refractivity contribution is 0.609. The van der Waals surface area contributed by atoms with Gasteiger partial charge in [0.2, 0.25) is 0 Å². The Morgan fingerprint density at radius 3 is 2.81 bits per heavy atom. The number of fused-ring (bicyclic) bond motifs is 3. The number of para-hydroxylation sites is 1. The van der Waals surface area contributed by atoms with Crippen LogP contribution in [0.15, 0.2) is 29.1 Å². The highest BCUT2D eigenvalue weighted by molar-refractivity contribution is 5.78. The van der Waals surface area contributed by atoms with E-state index in [1.165, 1.54) is 10.7 Å². The number of hydrogen-bond acceptors (Lipinski definition) is 3. The molecule has 3 aromatic rings. The third kappa shape index (κ3) is 1.79. The van der Waals surface area contributed by atoms with Gasteiger partial charge < -0.3 is 0 Å². The number of rotatable bonds is 1. The monoisotopic (exact) mass is 284 g/mol. The van der Waals surface area contributed by atoms with Gasteiger partial charge in [-0.1, -0.05) is 12.1 Å². The molecule has 2 aromatic heterocycles. The van der Waals surface area contributed by atoms with Gasteiger partial charge in [0.05, 0.1) is 11.2 Å². The average molecular weight is 284 g/mol. The number of benzene rings is 1. The molecule has 1 aliphatic rings. The summed E-state index contributed by atoms with van der Waals surface area (Å²) in [5.41, 5.74) is 2.78. The molecule has 5 nitrogen and oxygen atoms in total. The van der Waals surface area contributed by atoms with Crippen LogP contribution in [-0.2, 0) is 12.8 Å². The molecule has 106 valence electrons. The Morgan fingerprint density at radius 2 is 1.95 bits per heavy atom. The number of H-pyrrole nitrogens is 1. The average Bonchev–Trinajstić information content (AvgIpc) is 2.85. The van der Waals surface area contributed by atoms with Gasteiger partial charge in [0.25, 0.3) is 5.56 Å². The van der Waals surface area contributed by atoms with Crippen molar-refractivity contribution in [2.24, 2.45) is 0 Å². The third-order valence-electron chi connectivity index (χ3n) is 3.97. The summed E-state index contributed by atoms with van der Waals surface area (Å²) >= 11 is 0. The highest BCUT2D eigenvalue weighted by Gasteiger charge is 2.20. The number of aromatic amines is 1. The molecule has 1 N–H and O–H groups in total. The van der Waals surface area contributed by atoms with E-state index in [0.717, 1.165) is 36.9 Å². The Bertz CT molecular complexity index is 896. The second kappa shape index (κ2) is 4.51. The normalized spacial score (nSPS) is 14.3. The summed E-state index contributed by atoms with van der Waals surface area (Å²) in [6.45, 7) is 0. The molecule has 1 aliphatic carbocycles. The minimum absolute atomic E-state index is 0.199. The van der Waals surface area contributed by atoms with Crippen molar-refractivity contribution in [3.8, 4) is 5.69 Å². The summed E-state index contributed by atoms with van der Waals surface area (Å²) in [5, 5.41) is 11.2. The van der Waals surface area contributed by atoms with Gasteiger partial charge in [0, 0.05) is 5.56 Å². The van der Waals surface area contributed by atoms with Crippen LogP contribution in [0.4, 0.5) is 4.39 Å². The van der Waals surface area contributed by atoms with Crippen molar-refractivity contribution in [3.63, 3.8) is 0 Å². The molecular weight excluding hydrogens is 271 g/mol. The molecule has 0 spiro atoms. The van der Waals surface area contributed by atoms with Gasteiger partial charge >= 0.3 is 0 Å². The van der Waals surface area contributed by atoms with Gasteiger partial charge in [-0.2, -0.15) is 5.10 Å². The molecule has 6 heteroatoms. The standard InChI is InChI=1S/C15H13FN4O/c16-10-6-2-4-8-12(10)20-15(21)14-13(19-20)9-5-1-3-7-11(9)17-18-14/h2,4,6,8,19H,1,3,5,7H2. The first-order valence-corrected chi connectivity index (χ1v) is 7.00. The molecule has 0 bridgehead atoms. The molecule has 0 atom stereocenters. The lowest BCUT2D eigenvalue weighted by Crippen LogP contribution is -2.16. The van der Waals surface area contributed by atoms with Crippen molar-refractivity contribution in [2.75, 3.05) is 0 Å². The smallest absolute Gasteiger partial charge is 0.288 e. The molecule has 21 heavy (non-hydrogen) atoms. The molecule has 0 saturated carbocycles. The predicted molar refractivity (Wildman–Crippen MR) is 76.1 cm³/mol. The summed E-state index contributed by atoms with van der Waals surface area (Å²) in [6, 6.07) is 6.17. The second-order valence-electron chi connectivity index (χ2n) is 5.26. The second-order valence-corrected chi connectivity index (χ2v) is 5.26. The van der Waals surface area contributed by atoms with Crippen molar-refractivity contribution >= 4 is 11.0 Å². The predicted octanol–water partition coefficient (Wildman–Crippen LogP) is 2.13. The first-order valence-electron chi connectivity index (χ1n) is 7.00. The topological polar surface area (TPSA) is 63.6 Å². The van der Waals surface area contributed by atoms with E-state index in [1.54, 1.807) is 18.2 Å². The molecule has 0 saturated heterocycles. The fourth-order valence-electron chi connectivity index (χ4n) is 2.91. The van der Waals surface area contributed by atoms with E-state index in [-0.39, 0.29) is 16.8 Å². The van der Waals surface area contributed by atoms with Crippen LogP contribution in [-0.4, -0.2) is 20.0 Å². The van der Waals surface area contributed by atoms with E-state index in [2.05, 4.69) is 15.3 Å². The summed E-state index contributed by atoms with van der Waals surface area (Å²) < 4.78 is 15.1. The minimum Gasteiger partial charge on any atom is -0.288 e. The molecule has 1 aromatic carbocycles. The zero-order valence-electron chi connectivity index (χ0n) is 11.3. The van der Waals surface area contributed by atoms with Gasteiger partial charge in [-0.15, -0.1) is 5.10 Å². The van der Waals surface area contributed by atoms with E-state index in [9.17, 15) is 9.18 Å². The van der Waals surface area contributed by atoms with E-state index in [1.807, 2.05) is 0 Å². The largest absolute Gasteiger partial charge is 0.299 e. The van der Waals surface area contributed by atoms with Crippen molar-refractivity contribution in [2.45, 2.75) is 25.7 Å². The summed E-state index contributed by atoms with van der Waals surface area (Å²) in [7, 11) is 0. The SMILES string of the molecule is O=c1c2nnc3c(c2[nH]n1-c1ccccc1F)CCCC3. The Hall–Kier alpha value is -2.50. The Kier molecular flexibility index (Phi) is 2.63. The van der Waals surface area contributed by atoms with E-state index < -0.39 is 5.82 Å². The van der Waals surface area contributed by atoms with Crippen molar-refractivity contribution in [1.29, 1.82) is 0 Å². The highest BCUT2D eigenvalue weighted by Crippen LogP contribution is 2.24. The van der Waals surface area contributed by atoms with Gasteiger partial charge in [0.1, 0.15) is 11.5 Å². The summed E-state index contributed by atoms with van der Waals surface area (Å²) in [6.07, 6.45) is 3.91. The van der Waals surface area contributed by atoms with Gasteiger partial charge in [0.15, 0.2) is 5.52 Å². The third-order valence-corrected chi connectivity index (χ3v) is 3.97. The minimum atomic E-state index is -0.451. The first kappa shape index (κ1) is 12.3. The van der Waals surface area contributed by atoms with Crippen LogP contribution in [0.3, 0.4) is 0 Å². The van der Waals surface area contributed by atoms with Crippen LogP contribution >= 0.6 is 0 Å². The van der Waals surface area contributed by atoms with Crippen LogP contribution in [0, 0.1) is 5.82 Å². The molecular formula is C15H13FN4O. The van der Waals surface area contributed by atoms with Crippen LogP contribution < -0.4 is 5.56 Å². The Labute approximate surface area is 119 Å².